The van der Waals surface area contributed by atoms with Gasteiger partial charge in [0, 0.05) is 17.7 Å². The number of ether oxygens (including phenoxy) is 5. The van der Waals surface area contributed by atoms with E-state index in [0.29, 0.717) is 0 Å². The molecule has 5 rings (SSSR count). The monoisotopic (exact) mass is 624 g/mol. The summed E-state index contributed by atoms with van der Waals surface area (Å²) < 4.78 is 33.6. The molecule has 16 heteroatoms. The van der Waals surface area contributed by atoms with Crippen LogP contribution in [-0.4, -0.2) is 121 Å². The Morgan fingerprint density at radius 3 is 2.11 bits per heavy atom. The molecular formula is C28H32O16. The van der Waals surface area contributed by atoms with Gasteiger partial charge in [0.05, 0.1) is 19.8 Å². The molecule has 44 heavy (non-hydrogen) atoms. The Morgan fingerprint density at radius 2 is 1.45 bits per heavy atom. The number of rotatable bonds is 7. The molecule has 0 radical (unpaired) electrons. The van der Waals surface area contributed by atoms with Gasteiger partial charge in [-0.2, -0.15) is 0 Å². The number of aliphatic hydroxyl groups excluding tert-OH is 7. The van der Waals surface area contributed by atoms with Crippen molar-refractivity contribution in [2.75, 3.05) is 13.7 Å². The van der Waals surface area contributed by atoms with Crippen LogP contribution in [0.15, 0.2) is 39.5 Å². The minimum absolute atomic E-state index is 0.00548. The minimum atomic E-state index is -1.90. The summed E-state index contributed by atoms with van der Waals surface area (Å²) in [4.78, 5) is 13.7. The Balaban J connectivity index is 1.58. The lowest BCUT2D eigenvalue weighted by Crippen LogP contribution is -2.60. The van der Waals surface area contributed by atoms with Gasteiger partial charge >= 0.3 is 0 Å². The van der Waals surface area contributed by atoms with E-state index in [2.05, 4.69) is 0 Å². The lowest BCUT2D eigenvalue weighted by molar-refractivity contribution is -0.277. The van der Waals surface area contributed by atoms with Crippen molar-refractivity contribution >= 4 is 11.0 Å². The average Bonchev–Trinajstić information content (AvgIpc) is 2.99. The van der Waals surface area contributed by atoms with E-state index >= 15 is 0 Å². The van der Waals surface area contributed by atoms with Gasteiger partial charge in [-0.15, -0.1) is 0 Å². The molecule has 0 aliphatic carbocycles. The second-order valence-corrected chi connectivity index (χ2v) is 10.4. The predicted molar refractivity (Wildman–Crippen MR) is 145 cm³/mol. The van der Waals surface area contributed by atoms with Crippen LogP contribution in [0.1, 0.15) is 6.92 Å². The van der Waals surface area contributed by atoms with Crippen molar-refractivity contribution in [1.82, 2.24) is 0 Å². The summed E-state index contributed by atoms with van der Waals surface area (Å²) in [5, 5.41) is 90.9. The molecule has 2 aliphatic rings. The Kier molecular flexibility index (Phi) is 8.90. The number of hydrogen-bond donors (Lipinski definition) is 9. The highest BCUT2D eigenvalue weighted by atomic mass is 16.7. The highest BCUT2D eigenvalue weighted by Gasteiger charge is 2.46. The zero-order valence-electron chi connectivity index (χ0n) is 23.3. The number of aromatic hydroxyl groups is 2. The van der Waals surface area contributed by atoms with Crippen LogP contribution >= 0.6 is 0 Å². The van der Waals surface area contributed by atoms with Crippen molar-refractivity contribution in [3.05, 3.63) is 40.6 Å². The summed E-state index contributed by atoms with van der Waals surface area (Å²) in [6, 6.07) is 5.99. The zero-order chi connectivity index (χ0) is 32.0. The van der Waals surface area contributed by atoms with Crippen LogP contribution in [0.5, 0.6) is 28.7 Å². The molecule has 0 amide bonds. The first-order chi connectivity index (χ1) is 20.9. The quantitative estimate of drug-likeness (QED) is 0.141. The van der Waals surface area contributed by atoms with Crippen molar-refractivity contribution in [3.8, 4) is 40.1 Å². The molecule has 9 N–H and O–H groups in total. The number of methoxy groups -OCH3 is 1. The van der Waals surface area contributed by atoms with Gasteiger partial charge in [-0.25, -0.2) is 0 Å². The van der Waals surface area contributed by atoms with Gasteiger partial charge in [0.15, 0.2) is 17.3 Å². The first-order valence-corrected chi connectivity index (χ1v) is 13.4. The van der Waals surface area contributed by atoms with Crippen LogP contribution in [0.3, 0.4) is 0 Å². The molecule has 3 heterocycles. The molecule has 0 saturated carbocycles. The first-order valence-electron chi connectivity index (χ1n) is 13.4. The smallest absolute Gasteiger partial charge is 0.239 e. The number of phenolic OH excluding ortho intramolecular Hbond substituents is 2. The van der Waals surface area contributed by atoms with Crippen LogP contribution in [0.4, 0.5) is 0 Å². The lowest BCUT2D eigenvalue weighted by atomic mass is 9.99. The van der Waals surface area contributed by atoms with Gasteiger partial charge in [-0.1, -0.05) is 0 Å². The van der Waals surface area contributed by atoms with Gasteiger partial charge in [0.25, 0.3) is 0 Å². The van der Waals surface area contributed by atoms with Crippen molar-refractivity contribution in [2.24, 2.45) is 0 Å². The predicted octanol–water partition coefficient (Wildman–Crippen LogP) is -1.74. The van der Waals surface area contributed by atoms with E-state index in [1.165, 1.54) is 32.2 Å². The van der Waals surface area contributed by atoms with Crippen molar-refractivity contribution in [1.29, 1.82) is 0 Å². The van der Waals surface area contributed by atoms with Gasteiger partial charge in [0.2, 0.25) is 23.8 Å². The number of fused-ring (bicyclic) bond motifs is 1. The van der Waals surface area contributed by atoms with E-state index in [1.807, 2.05) is 0 Å². The SMILES string of the molecule is COc1cc(-c2oc3cc(O)cc(O)c3c(=O)c2O[C@@H]2O[C@@H](CO)[C@H](O)[C@@H](O)[C@@H]2O)ccc1O[C@@H]1O[C@@H](C)[C@H](O)[C@@H](O)[C@@H]1O. The molecule has 0 unspecified atom stereocenters. The normalized spacial score (nSPS) is 32.4. The zero-order valence-corrected chi connectivity index (χ0v) is 23.3. The molecular weight excluding hydrogens is 592 g/mol. The molecule has 10 atom stereocenters. The van der Waals surface area contributed by atoms with E-state index in [4.69, 9.17) is 28.1 Å². The van der Waals surface area contributed by atoms with Gasteiger partial charge < -0.3 is 74.1 Å². The maximum atomic E-state index is 13.7. The van der Waals surface area contributed by atoms with E-state index in [-0.39, 0.29) is 28.4 Å². The van der Waals surface area contributed by atoms with E-state index in [0.717, 1.165) is 12.1 Å². The Labute approximate surface area is 248 Å². The van der Waals surface area contributed by atoms with Crippen LogP contribution in [0, 0.1) is 0 Å². The van der Waals surface area contributed by atoms with Crippen molar-refractivity contribution in [3.63, 3.8) is 0 Å². The van der Waals surface area contributed by atoms with E-state index < -0.39 is 96.1 Å². The van der Waals surface area contributed by atoms with Crippen molar-refractivity contribution < 1.29 is 74.1 Å². The highest BCUT2D eigenvalue weighted by molar-refractivity contribution is 5.88. The van der Waals surface area contributed by atoms with Crippen LogP contribution in [0.2, 0.25) is 0 Å². The molecule has 2 aliphatic heterocycles. The fourth-order valence-corrected chi connectivity index (χ4v) is 4.99. The maximum Gasteiger partial charge on any atom is 0.239 e. The number of benzene rings is 2. The van der Waals surface area contributed by atoms with E-state index in [9.17, 15) is 50.8 Å². The van der Waals surface area contributed by atoms with Crippen LogP contribution in [0.25, 0.3) is 22.3 Å². The Bertz CT molecular complexity index is 1550. The topological polar surface area (TPSA) is 258 Å². The summed E-state index contributed by atoms with van der Waals surface area (Å²) >= 11 is 0. The second-order valence-electron chi connectivity index (χ2n) is 10.4. The summed E-state index contributed by atoms with van der Waals surface area (Å²) in [5.74, 6) is -2.03. The average molecular weight is 625 g/mol. The molecule has 1 aromatic heterocycles. The molecule has 2 fully saturated rings. The Hall–Kier alpha value is -3.71. The second kappa shape index (κ2) is 12.4. The maximum absolute atomic E-state index is 13.7. The lowest BCUT2D eigenvalue weighted by Gasteiger charge is -2.39. The number of hydrogen-bond acceptors (Lipinski definition) is 16. The largest absolute Gasteiger partial charge is 0.508 e. The Morgan fingerprint density at radius 1 is 0.795 bits per heavy atom. The summed E-state index contributed by atoms with van der Waals surface area (Å²) in [6.07, 6.45) is -15.4. The third kappa shape index (κ3) is 5.63. The molecule has 0 bridgehead atoms. The highest BCUT2D eigenvalue weighted by Crippen LogP contribution is 2.40. The molecule has 16 nitrogen and oxygen atoms in total. The summed E-state index contributed by atoms with van der Waals surface area (Å²) in [6.45, 7) is 0.710. The molecule has 3 aromatic rings. The summed E-state index contributed by atoms with van der Waals surface area (Å²) in [5.41, 5.74) is -1.15. The standard InChI is InChI=1S/C28H32O16/c1-9-18(32)21(35)23(37)27(40-9)42-13-4-3-10(5-14(13)39-2)25-26(20(34)17-12(31)6-11(30)7-15(17)41-25)44-28-24(38)22(36)19(33)16(8-29)43-28/h3-7,9,16,18-19,21-24,27-33,35-38H,8H2,1-2H3/t9-,16-,18-,19-,21+,22+,23-,24-,27-,28-/m0/s1. The first kappa shape index (κ1) is 31.7. The van der Waals surface area contributed by atoms with Crippen molar-refractivity contribution in [2.45, 2.75) is 68.3 Å². The minimum Gasteiger partial charge on any atom is -0.508 e. The molecule has 2 aromatic carbocycles. The van der Waals surface area contributed by atoms with Gasteiger partial charge in [-0.05, 0) is 25.1 Å². The summed E-state index contributed by atoms with van der Waals surface area (Å²) in [7, 11) is 1.28. The fraction of sp³-hybridized carbons (Fsp3) is 0.464. The number of phenols is 2. The third-order valence-corrected chi connectivity index (χ3v) is 7.48. The fourth-order valence-electron chi connectivity index (χ4n) is 4.99. The molecule has 240 valence electrons. The molecule has 0 spiro atoms. The molecule has 2 saturated heterocycles. The van der Waals surface area contributed by atoms with Crippen LogP contribution < -0.4 is 19.6 Å². The van der Waals surface area contributed by atoms with Gasteiger partial charge in [0.1, 0.15) is 65.2 Å². The van der Waals surface area contributed by atoms with Crippen LogP contribution in [-0.2, 0) is 9.47 Å². The third-order valence-electron chi connectivity index (χ3n) is 7.48. The number of aliphatic hydroxyl groups is 7. The van der Waals surface area contributed by atoms with Gasteiger partial charge in [-0.3, -0.25) is 4.79 Å². The van der Waals surface area contributed by atoms with E-state index in [1.54, 1.807) is 0 Å².